The van der Waals surface area contributed by atoms with Gasteiger partial charge in [-0.3, -0.25) is 0 Å². The highest BCUT2D eigenvalue weighted by atomic mass is 16.5. The molecular weight excluding hydrogens is 194 g/mol. The molecule has 0 spiro atoms. The number of nitrogens with two attached hydrogens (primary N) is 1. The van der Waals surface area contributed by atoms with E-state index in [1.54, 1.807) is 6.33 Å². The average molecular weight is 207 g/mol. The largest absolute Gasteiger partial charge is 0.340 e. The van der Waals surface area contributed by atoms with E-state index in [0.29, 0.717) is 24.0 Å². The molecular formula is C9H13N5O. The van der Waals surface area contributed by atoms with Crippen LogP contribution in [-0.2, 0) is 7.05 Å². The van der Waals surface area contributed by atoms with E-state index in [0.717, 1.165) is 0 Å². The van der Waals surface area contributed by atoms with Crippen molar-refractivity contribution in [3.05, 3.63) is 18.3 Å². The van der Waals surface area contributed by atoms with Crippen molar-refractivity contribution in [1.29, 1.82) is 0 Å². The minimum absolute atomic E-state index is 0.103. The third kappa shape index (κ3) is 1.89. The summed E-state index contributed by atoms with van der Waals surface area (Å²) < 4.78 is 6.92. The Bertz CT molecular complexity index is 447. The molecule has 0 aliphatic rings. The van der Waals surface area contributed by atoms with E-state index in [4.69, 9.17) is 10.3 Å². The molecule has 0 fully saturated rings. The van der Waals surface area contributed by atoms with Crippen molar-refractivity contribution >= 4 is 0 Å². The highest BCUT2D eigenvalue weighted by Gasteiger charge is 2.14. The molecule has 1 unspecified atom stereocenters. The highest BCUT2D eigenvalue weighted by Crippen LogP contribution is 2.17. The minimum Gasteiger partial charge on any atom is -0.340 e. The van der Waals surface area contributed by atoms with Crippen LogP contribution in [0.4, 0.5) is 0 Å². The van der Waals surface area contributed by atoms with Gasteiger partial charge in [-0.15, -0.1) is 0 Å². The third-order valence-corrected chi connectivity index (χ3v) is 2.16. The molecule has 15 heavy (non-hydrogen) atoms. The standard InChI is InChI=1S/C9H13N5O/c1-6(3-10)8-12-9(15-13-8)7-4-14(2)5-11-7/h4-6H,3,10H2,1-2H3. The molecule has 2 rings (SSSR count). The third-order valence-electron chi connectivity index (χ3n) is 2.16. The number of hydrogen-bond donors (Lipinski definition) is 1. The highest BCUT2D eigenvalue weighted by molar-refractivity contribution is 5.44. The molecule has 2 N–H and O–H groups in total. The Labute approximate surface area is 87.1 Å². The van der Waals surface area contributed by atoms with Crippen LogP contribution < -0.4 is 5.73 Å². The van der Waals surface area contributed by atoms with Gasteiger partial charge in [0.05, 0.1) is 6.33 Å². The van der Waals surface area contributed by atoms with Crippen LogP contribution in [0.1, 0.15) is 18.7 Å². The monoisotopic (exact) mass is 207 g/mol. The van der Waals surface area contributed by atoms with Crippen LogP contribution in [0.2, 0.25) is 0 Å². The van der Waals surface area contributed by atoms with Crippen molar-refractivity contribution < 1.29 is 4.52 Å². The minimum atomic E-state index is 0.103. The van der Waals surface area contributed by atoms with Gasteiger partial charge in [-0.2, -0.15) is 4.98 Å². The maximum absolute atomic E-state index is 5.51. The molecule has 2 aromatic rings. The molecule has 2 aromatic heterocycles. The quantitative estimate of drug-likeness (QED) is 0.793. The van der Waals surface area contributed by atoms with Crippen molar-refractivity contribution in [2.45, 2.75) is 12.8 Å². The number of rotatable bonds is 3. The summed E-state index contributed by atoms with van der Waals surface area (Å²) in [4.78, 5) is 8.35. The van der Waals surface area contributed by atoms with Crippen LogP contribution in [0.3, 0.4) is 0 Å². The predicted octanol–water partition coefficient (Wildman–Crippen LogP) is 0.532. The second kappa shape index (κ2) is 3.82. The van der Waals surface area contributed by atoms with Gasteiger partial charge in [0.25, 0.3) is 5.89 Å². The second-order valence-electron chi connectivity index (χ2n) is 3.52. The molecule has 6 nitrogen and oxygen atoms in total. The lowest BCUT2D eigenvalue weighted by Crippen LogP contribution is -2.10. The molecule has 0 saturated carbocycles. The van der Waals surface area contributed by atoms with Crippen molar-refractivity contribution in [1.82, 2.24) is 19.7 Å². The van der Waals surface area contributed by atoms with Gasteiger partial charge >= 0.3 is 0 Å². The second-order valence-corrected chi connectivity index (χ2v) is 3.52. The Morgan fingerprint density at radius 2 is 2.40 bits per heavy atom. The van der Waals surface area contributed by atoms with Gasteiger partial charge in [-0.25, -0.2) is 4.98 Å². The van der Waals surface area contributed by atoms with Crippen LogP contribution in [0.5, 0.6) is 0 Å². The molecule has 0 radical (unpaired) electrons. The van der Waals surface area contributed by atoms with Gasteiger partial charge < -0.3 is 14.8 Å². The van der Waals surface area contributed by atoms with E-state index in [1.807, 2.05) is 24.7 Å². The number of aromatic nitrogens is 4. The lowest BCUT2D eigenvalue weighted by Gasteiger charge is -1.98. The SMILES string of the molecule is CC(CN)c1noc(-c2cn(C)cn2)n1. The van der Waals surface area contributed by atoms with E-state index >= 15 is 0 Å². The van der Waals surface area contributed by atoms with Gasteiger partial charge in [0.2, 0.25) is 0 Å². The first-order valence-electron chi connectivity index (χ1n) is 4.72. The molecule has 0 saturated heterocycles. The number of nitrogens with zero attached hydrogens (tertiary/aromatic N) is 4. The fourth-order valence-corrected chi connectivity index (χ4v) is 1.17. The zero-order valence-corrected chi connectivity index (χ0v) is 8.71. The lowest BCUT2D eigenvalue weighted by molar-refractivity contribution is 0.417. The summed E-state index contributed by atoms with van der Waals surface area (Å²) >= 11 is 0. The summed E-state index contributed by atoms with van der Waals surface area (Å²) in [5.74, 6) is 1.16. The summed E-state index contributed by atoms with van der Waals surface area (Å²) in [6.07, 6.45) is 3.51. The van der Waals surface area contributed by atoms with Crippen LogP contribution in [0, 0.1) is 0 Å². The predicted molar refractivity (Wildman–Crippen MR) is 54.0 cm³/mol. The van der Waals surface area contributed by atoms with Gasteiger partial charge in [-0.05, 0) is 0 Å². The zero-order chi connectivity index (χ0) is 10.8. The Kier molecular flexibility index (Phi) is 2.51. The summed E-state index contributed by atoms with van der Waals surface area (Å²) in [5, 5.41) is 3.86. The maximum atomic E-state index is 5.51. The van der Waals surface area contributed by atoms with E-state index < -0.39 is 0 Å². The number of hydrogen-bond acceptors (Lipinski definition) is 5. The molecule has 0 amide bonds. The van der Waals surface area contributed by atoms with Crippen LogP contribution in [-0.4, -0.2) is 26.2 Å². The normalized spacial score (nSPS) is 13.0. The van der Waals surface area contributed by atoms with Gasteiger partial charge in [0, 0.05) is 25.7 Å². The molecule has 6 heteroatoms. The van der Waals surface area contributed by atoms with E-state index in [1.165, 1.54) is 0 Å². The zero-order valence-electron chi connectivity index (χ0n) is 8.71. The first-order chi connectivity index (χ1) is 7.20. The average Bonchev–Trinajstić information content (AvgIpc) is 2.84. The number of aryl methyl sites for hydroxylation is 1. The van der Waals surface area contributed by atoms with E-state index in [9.17, 15) is 0 Å². The number of imidazole rings is 1. The fourth-order valence-electron chi connectivity index (χ4n) is 1.17. The van der Waals surface area contributed by atoms with Crippen molar-refractivity contribution in [2.24, 2.45) is 12.8 Å². The summed E-state index contributed by atoms with van der Waals surface area (Å²) in [7, 11) is 1.89. The molecule has 80 valence electrons. The van der Waals surface area contributed by atoms with Crippen molar-refractivity contribution in [3.8, 4) is 11.6 Å². The molecule has 0 aliphatic carbocycles. The summed E-state index contributed by atoms with van der Waals surface area (Å²) in [5.41, 5.74) is 6.20. The van der Waals surface area contributed by atoms with Crippen LogP contribution in [0.15, 0.2) is 17.0 Å². The molecule has 2 heterocycles. The van der Waals surface area contributed by atoms with Gasteiger partial charge in [0.15, 0.2) is 5.82 Å². The summed E-state index contributed by atoms with van der Waals surface area (Å²) in [6.45, 7) is 2.45. The lowest BCUT2D eigenvalue weighted by atomic mass is 10.2. The van der Waals surface area contributed by atoms with Gasteiger partial charge in [-0.1, -0.05) is 12.1 Å². The Morgan fingerprint density at radius 1 is 1.60 bits per heavy atom. The van der Waals surface area contributed by atoms with Crippen LogP contribution >= 0.6 is 0 Å². The Balaban J connectivity index is 2.27. The first-order valence-corrected chi connectivity index (χ1v) is 4.72. The maximum Gasteiger partial charge on any atom is 0.278 e. The van der Waals surface area contributed by atoms with Crippen molar-refractivity contribution in [3.63, 3.8) is 0 Å². The first kappa shape index (κ1) is 9.85. The molecule has 0 bridgehead atoms. The Morgan fingerprint density at radius 3 is 3.00 bits per heavy atom. The van der Waals surface area contributed by atoms with Crippen molar-refractivity contribution in [2.75, 3.05) is 6.54 Å². The van der Waals surface area contributed by atoms with Gasteiger partial charge in [0.1, 0.15) is 5.69 Å². The fraction of sp³-hybridized carbons (Fsp3) is 0.444. The van der Waals surface area contributed by atoms with E-state index in [-0.39, 0.29) is 5.92 Å². The summed E-state index contributed by atoms with van der Waals surface area (Å²) in [6, 6.07) is 0. The van der Waals surface area contributed by atoms with E-state index in [2.05, 4.69) is 15.1 Å². The molecule has 0 aliphatic heterocycles. The molecule has 0 aromatic carbocycles. The topological polar surface area (TPSA) is 82.8 Å². The Hall–Kier alpha value is -1.69. The molecule has 1 atom stereocenters. The van der Waals surface area contributed by atoms with Crippen LogP contribution in [0.25, 0.3) is 11.6 Å². The smallest absolute Gasteiger partial charge is 0.278 e.